The molecule has 21 heavy (non-hydrogen) atoms. The van der Waals surface area contributed by atoms with Crippen molar-refractivity contribution in [2.24, 2.45) is 7.05 Å². The molecule has 1 unspecified atom stereocenters. The molecule has 0 aromatic carbocycles. The van der Waals surface area contributed by atoms with E-state index in [1.807, 2.05) is 14.0 Å². The summed E-state index contributed by atoms with van der Waals surface area (Å²) in [5.74, 6) is -0.331. The second-order valence-electron chi connectivity index (χ2n) is 5.08. The Kier molecular flexibility index (Phi) is 5.31. The third-order valence-corrected chi connectivity index (χ3v) is 3.90. The first-order valence-corrected chi connectivity index (χ1v) is 7.43. The molecule has 0 aliphatic carbocycles. The van der Waals surface area contributed by atoms with E-state index in [4.69, 9.17) is 11.6 Å². The molecule has 0 radical (unpaired) electrons. The van der Waals surface area contributed by atoms with Gasteiger partial charge >= 0.3 is 0 Å². The highest BCUT2D eigenvalue weighted by atomic mass is 35.5. The number of rotatable bonds is 6. The predicted molar refractivity (Wildman–Crippen MR) is 81.9 cm³/mol. The maximum atomic E-state index is 13.0. The van der Waals surface area contributed by atoms with Crippen molar-refractivity contribution < 1.29 is 4.39 Å². The Morgan fingerprint density at radius 2 is 2.19 bits per heavy atom. The maximum absolute atomic E-state index is 13.0. The topological polar surface area (TPSA) is 42.7 Å². The van der Waals surface area contributed by atoms with E-state index < -0.39 is 0 Å². The molecule has 2 rings (SSSR count). The molecule has 2 heterocycles. The van der Waals surface area contributed by atoms with E-state index >= 15 is 0 Å². The van der Waals surface area contributed by atoms with Crippen LogP contribution in [0.4, 0.5) is 4.39 Å². The lowest BCUT2D eigenvalue weighted by Gasteiger charge is -2.18. The zero-order chi connectivity index (χ0) is 15.4. The Bertz CT molecular complexity index is 594. The van der Waals surface area contributed by atoms with Gasteiger partial charge in [0, 0.05) is 13.5 Å². The van der Waals surface area contributed by atoms with Crippen LogP contribution < -0.4 is 5.32 Å². The Labute approximate surface area is 129 Å². The Hall–Kier alpha value is -1.46. The van der Waals surface area contributed by atoms with E-state index in [1.165, 1.54) is 12.3 Å². The monoisotopic (exact) mass is 310 g/mol. The molecular formula is C15H20ClFN4. The lowest BCUT2D eigenvalue weighted by Crippen LogP contribution is -2.26. The van der Waals surface area contributed by atoms with Crippen molar-refractivity contribution in [1.82, 2.24) is 20.1 Å². The fourth-order valence-corrected chi connectivity index (χ4v) is 2.53. The number of nitrogens with one attached hydrogen (secondary N) is 1. The highest BCUT2D eigenvalue weighted by Crippen LogP contribution is 2.25. The summed E-state index contributed by atoms with van der Waals surface area (Å²) in [5.41, 5.74) is 2.57. The molecule has 0 fully saturated rings. The van der Waals surface area contributed by atoms with Crippen LogP contribution in [0.3, 0.4) is 0 Å². The van der Waals surface area contributed by atoms with E-state index in [2.05, 4.69) is 22.3 Å². The molecule has 2 aromatic heterocycles. The summed E-state index contributed by atoms with van der Waals surface area (Å²) >= 11 is 6.31. The van der Waals surface area contributed by atoms with Crippen molar-refractivity contribution in [3.63, 3.8) is 0 Å². The Balaban J connectivity index is 2.25. The largest absolute Gasteiger partial charge is 0.308 e. The van der Waals surface area contributed by atoms with Crippen LogP contribution in [0.5, 0.6) is 0 Å². The van der Waals surface area contributed by atoms with Gasteiger partial charge in [0.05, 0.1) is 34.3 Å². The molecule has 6 heteroatoms. The second kappa shape index (κ2) is 7.00. The van der Waals surface area contributed by atoms with Gasteiger partial charge in [0.25, 0.3) is 0 Å². The van der Waals surface area contributed by atoms with Gasteiger partial charge in [0.2, 0.25) is 0 Å². The molecule has 1 N–H and O–H groups in total. The summed E-state index contributed by atoms with van der Waals surface area (Å²) in [6.07, 6.45) is 2.91. The molecule has 114 valence electrons. The average Bonchev–Trinajstić information content (AvgIpc) is 2.70. The molecule has 0 aliphatic heterocycles. The molecule has 0 spiro atoms. The standard InChI is InChI=1S/C15H20ClFN4/c1-4-7-18-13(12-6-5-11(17)9-19-12)8-14-15(16)10(2)20-21(14)3/h5-6,9,13,18H,4,7-8H2,1-3H3. The predicted octanol–water partition coefficient (Wildman–Crippen LogP) is 3.20. The van der Waals surface area contributed by atoms with E-state index in [0.29, 0.717) is 11.4 Å². The number of nitrogens with zero attached hydrogens (tertiary/aromatic N) is 3. The number of halogens is 2. The number of aryl methyl sites for hydroxylation is 2. The second-order valence-corrected chi connectivity index (χ2v) is 5.46. The van der Waals surface area contributed by atoms with Gasteiger partial charge < -0.3 is 5.32 Å². The molecule has 0 bridgehead atoms. The van der Waals surface area contributed by atoms with Crippen molar-refractivity contribution in [1.29, 1.82) is 0 Å². The fraction of sp³-hybridized carbons (Fsp3) is 0.467. The number of hydrogen-bond acceptors (Lipinski definition) is 3. The van der Waals surface area contributed by atoms with Gasteiger partial charge in [-0.15, -0.1) is 0 Å². The van der Waals surface area contributed by atoms with Crippen LogP contribution in [-0.4, -0.2) is 21.3 Å². The summed E-state index contributed by atoms with van der Waals surface area (Å²) in [5, 5.41) is 8.44. The van der Waals surface area contributed by atoms with Crippen LogP contribution in [0, 0.1) is 12.7 Å². The number of aromatic nitrogens is 3. The summed E-state index contributed by atoms with van der Waals surface area (Å²) in [6.45, 7) is 4.85. The third-order valence-electron chi connectivity index (χ3n) is 3.41. The normalized spacial score (nSPS) is 12.6. The lowest BCUT2D eigenvalue weighted by molar-refractivity contribution is 0.499. The average molecular weight is 311 g/mol. The van der Waals surface area contributed by atoms with Crippen molar-refractivity contribution in [2.45, 2.75) is 32.7 Å². The first kappa shape index (κ1) is 15.9. The van der Waals surface area contributed by atoms with E-state index in [-0.39, 0.29) is 11.9 Å². The lowest BCUT2D eigenvalue weighted by atomic mass is 10.1. The van der Waals surface area contributed by atoms with Crippen LogP contribution in [0.15, 0.2) is 18.3 Å². The van der Waals surface area contributed by atoms with Gasteiger partial charge in [0.1, 0.15) is 5.82 Å². The molecule has 4 nitrogen and oxygen atoms in total. The molecule has 0 saturated carbocycles. The minimum Gasteiger partial charge on any atom is -0.308 e. The quantitative estimate of drug-likeness (QED) is 0.891. The van der Waals surface area contributed by atoms with Gasteiger partial charge in [-0.3, -0.25) is 9.67 Å². The molecule has 1 atom stereocenters. The molecular weight excluding hydrogens is 291 g/mol. The Morgan fingerprint density at radius 3 is 2.71 bits per heavy atom. The third kappa shape index (κ3) is 3.80. The summed E-state index contributed by atoms with van der Waals surface area (Å²) < 4.78 is 14.8. The fourth-order valence-electron chi connectivity index (χ4n) is 2.29. The zero-order valence-electron chi connectivity index (χ0n) is 12.5. The SMILES string of the molecule is CCCNC(Cc1c(Cl)c(C)nn1C)c1ccc(F)cn1. The van der Waals surface area contributed by atoms with Crippen LogP contribution in [0.2, 0.25) is 5.02 Å². The van der Waals surface area contributed by atoms with Gasteiger partial charge in [-0.25, -0.2) is 4.39 Å². The minimum absolute atomic E-state index is 0.0159. The first-order valence-electron chi connectivity index (χ1n) is 7.05. The van der Waals surface area contributed by atoms with Gasteiger partial charge in [-0.1, -0.05) is 18.5 Å². The smallest absolute Gasteiger partial charge is 0.141 e. The van der Waals surface area contributed by atoms with Crippen molar-refractivity contribution in [3.8, 4) is 0 Å². The van der Waals surface area contributed by atoms with Gasteiger partial charge in [-0.2, -0.15) is 5.10 Å². The van der Waals surface area contributed by atoms with Crippen LogP contribution in [0.25, 0.3) is 0 Å². The van der Waals surface area contributed by atoms with Crippen LogP contribution in [0.1, 0.15) is 36.5 Å². The Morgan fingerprint density at radius 1 is 1.43 bits per heavy atom. The first-order chi connectivity index (χ1) is 10.0. The minimum atomic E-state index is -0.331. The number of pyridine rings is 1. The van der Waals surface area contributed by atoms with Gasteiger partial charge in [0.15, 0.2) is 0 Å². The highest BCUT2D eigenvalue weighted by molar-refractivity contribution is 6.31. The molecule has 0 amide bonds. The van der Waals surface area contributed by atoms with E-state index in [0.717, 1.165) is 30.0 Å². The zero-order valence-corrected chi connectivity index (χ0v) is 13.3. The van der Waals surface area contributed by atoms with E-state index in [9.17, 15) is 4.39 Å². The highest BCUT2D eigenvalue weighted by Gasteiger charge is 2.19. The van der Waals surface area contributed by atoms with Crippen LogP contribution >= 0.6 is 11.6 Å². The van der Waals surface area contributed by atoms with E-state index in [1.54, 1.807) is 10.7 Å². The maximum Gasteiger partial charge on any atom is 0.141 e. The van der Waals surface area contributed by atoms with Crippen molar-refractivity contribution >= 4 is 11.6 Å². The summed E-state index contributed by atoms with van der Waals surface area (Å²) in [7, 11) is 1.88. The van der Waals surface area contributed by atoms with Crippen molar-refractivity contribution in [3.05, 3.63) is 46.3 Å². The molecule has 0 aliphatic rings. The van der Waals surface area contributed by atoms with Crippen LogP contribution in [-0.2, 0) is 13.5 Å². The molecule has 0 saturated heterocycles. The van der Waals surface area contributed by atoms with Gasteiger partial charge in [-0.05, 0) is 32.0 Å². The summed E-state index contributed by atoms with van der Waals surface area (Å²) in [4.78, 5) is 4.18. The summed E-state index contributed by atoms with van der Waals surface area (Å²) in [6, 6.07) is 3.12. The van der Waals surface area contributed by atoms with Crippen molar-refractivity contribution in [2.75, 3.05) is 6.54 Å². The molecule has 2 aromatic rings. The number of hydrogen-bond donors (Lipinski definition) is 1.